The number of carbonyl (C=O) groups is 2. The Morgan fingerprint density at radius 3 is 2.39 bits per heavy atom. The van der Waals surface area contributed by atoms with E-state index in [0.29, 0.717) is 23.2 Å². The van der Waals surface area contributed by atoms with E-state index in [1.165, 1.54) is 30.3 Å². The molecule has 0 saturated carbocycles. The molecule has 2 N–H and O–H groups in total. The minimum Gasteiger partial charge on any atom is -0.347 e. The van der Waals surface area contributed by atoms with Gasteiger partial charge in [-0.3, -0.25) is 9.59 Å². The van der Waals surface area contributed by atoms with Crippen LogP contribution >= 0.6 is 0 Å². The first-order valence-electron chi connectivity index (χ1n) is 6.93. The fourth-order valence-corrected chi connectivity index (χ4v) is 1.91. The average molecular weight is 311 g/mol. The maximum Gasteiger partial charge on any atom is 0.313 e. The van der Waals surface area contributed by atoms with Crippen molar-refractivity contribution in [2.24, 2.45) is 0 Å². The van der Waals surface area contributed by atoms with E-state index in [-0.39, 0.29) is 12.4 Å². The van der Waals surface area contributed by atoms with Crippen molar-refractivity contribution >= 4 is 17.5 Å². The Labute approximate surface area is 132 Å². The third-order valence-corrected chi connectivity index (χ3v) is 3.12. The zero-order valence-corrected chi connectivity index (χ0v) is 12.2. The van der Waals surface area contributed by atoms with Crippen molar-refractivity contribution in [2.75, 3.05) is 11.9 Å². The fourth-order valence-electron chi connectivity index (χ4n) is 1.91. The molecule has 0 heterocycles. The number of nitrogens with zero attached hydrogens (tertiary/aromatic N) is 1. The standard InChI is InChI=1S/C17H14FN3O2/c18-15-4-2-1-3-13(15)9-10-20-16(22)17(23)21-14-7-5-12(11-19)6-8-14/h1-8H,9-10H2,(H,20,22)(H,21,23). The van der Waals surface area contributed by atoms with Gasteiger partial charge in [-0.2, -0.15) is 5.26 Å². The predicted molar refractivity (Wildman–Crippen MR) is 82.9 cm³/mol. The molecule has 0 aliphatic heterocycles. The van der Waals surface area contributed by atoms with Crippen molar-refractivity contribution < 1.29 is 14.0 Å². The van der Waals surface area contributed by atoms with E-state index in [1.807, 2.05) is 6.07 Å². The number of nitrogens with one attached hydrogen (secondary N) is 2. The molecule has 0 unspecified atom stereocenters. The molecule has 2 amide bonds. The molecule has 6 heteroatoms. The van der Waals surface area contributed by atoms with Crippen molar-refractivity contribution in [1.29, 1.82) is 5.26 Å². The summed E-state index contributed by atoms with van der Waals surface area (Å²) in [7, 11) is 0. The maximum absolute atomic E-state index is 13.4. The number of halogens is 1. The number of benzene rings is 2. The van der Waals surface area contributed by atoms with E-state index in [2.05, 4.69) is 10.6 Å². The molecule has 0 saturated heterocycles. The lowest BCUT2D eigenvalue weighted by molar-refractivity contribution is -0.136. The van der Waals surface area contributed by atoms with Crippen LogP contribution in [-0.2, 0) is 16.0 Å². The minimum absolute atomic E-state index is 0.153. The highest BCUT2D eigenvalue weighted by molar-refractivity contribution is 6.39. The van der Waals surface area contributed by atoms with Gasteiger partial charge in [-0.1, -0.05) is 18.2 Å². The Kier molecular flexibility index (Phi) is 5.42. The van der Waals surface area contributed by atoms with Crippen LogP contribution in [-0.4, -0.2) is 18.4 Å². The van der Waals surface area contributed by atoms with Crippen LogP contribution in [0, 0.1) is 17.1 Å². The van der Waals surface area contributed by atoms with Crippen LogP contribution < -0.4 is 10.6 Å². The van der Waals surface area contributed by atoms with Crippen molar-refractivity contribution in [3.05, 3.63) is 65.5 Å². The van der Waals surface area contributed by atoms with E-state index in [1.54, 1.807) is 18.2 Å². The first-order chi connectivity index (χ1) is 11.1. The van der Waals surface area contributed by atoms with Crippen LogP contribution in [0.25, 0.3) is 0 Å². The highest BCUT2D eigenvalue weighted by atomic mass is 19.1. The Morgan fingerprint density at radius 1 is 1.04 bits per heavy atom. The van der Waals surface area contributed by atoms with Gasteiger partial charge in [0.25, 0.3) is 0 Å². The molecule has 0 atom stereocenters. The summed E-state index contributed by atoms with van der Waals surface area (Å²) in [6, 6.07) is 14.3. The van der Waals surface area contributed by atoms with Gasteiger partial charge in [-0.05, 0) is 42.3 Å². The molecule has 0 aromatic heterocycles. The van der Waals surface area contributed by atoms with Gasteiger partial charge in [-0.25, -0.2) is 4.39 Å². The topological polar surface area (TPSA) is 82.0 Å². The summed E-state index contributed by atoms with van der Waals surface area (Å²) in [5.74, 6) is -1.96. The molecule has 0 fully saturated rings. The van der Waals surface area contributed by atoms with Gasteiger partial charge in [0.1, 0.15) is 5.82 Å². The second-order valence-electron chi connectivity index (χ2n) is 4.74. The molecule has 23 heavy (non-hydrogen) atoms. The maximum atomic E-state index is 13.4. The SMILES string of the molecule is N#Cc1ccc(NC(=O)C(=O)NCCc2ccccc2F)cc1. The van der Waals surface area contributed by atoms with E-state index in [0.717, 1.165) is 0 Å². The monoisotopic (exact) mass is 311 g/mol. The van der Waals surface area contributed by atoms with Gasteiger partial charge in [0.05, 0.1) is 11.6 Å². The molecule has 116 valence electrons. The van der Waals surface area contributed by atoms with Crippen LogP contribution in [0.1, 0.15) is 11.1 Å². The third kappa shape index (κ3) is 4.64. The number of nitriles is 1. The van der Waals surface area contributed by atoms with E-state index < -0.39 is 11.8 Å². The van der Waals surface area contributed by atoms with Gasteiger partial charge >= 0.3 is 11.8 Å². The third-order valence-electron chi connectivity index (χ3n) is 3.12. The molecule has 2 aromatic carbocycles. The lowest BCUT2D eigenvalue weighted by atomic mass is 10.1. The molecule has 0 bridgehead atoms. The molecular weight excluding hydrogens is 297 g/mol. The zero-order valence-electron chi connectivity index (χ0n) is 12.2. The molecule has 2 aromatic rings. The number of carbonyl (C=O) groups excluding carboxylic acids is 2. The lowest BCUT2D eigenvalue weighted by Gasteiger charge is -2.07. The predicted octanol–water partition coefficient (Wildman–Crippen LogP) is 1.99. The number of amides is 2. The van der Waals surface area contributed by atoms with Gasteiger partial charge in [0, 0.05) is 12.2 Å². The van der Waals surface area contributed by atoms with Crippen molar-refractivity contribution in [2.45, 2.75) is 6.42 Å². The summed E-state index contributed by atoms with van der Waals surface area (Å²) >= 11 is 0. The second-order valence-corrected chi connectivity index (χ2v) is 4.74. The highest BCUT2D eigenvalue weighted by Crippen LogP contribution is 2.08. The van der Waals surface area contributed by atoms with Crippen LogP contribution in [0.3, 0.4) is 0 Å². The molecule has 5 nitrogen and oxygen atoms in total. The van der Waals surface area contributed by atoms with Crippen molar-refractivity contribution in [3.8, 4) is 6.07 Å². The van der Waals surface area contributed by atoms with Gasteiger partial charge in [-0.15, -0.1) is 0 Å². The van der Waals surface area contributed by atoms with Crippen LogP contribution in [0.5, 0.6) is 0 Å². The van der Waals surface area contributed by atoms with Crippen molar-refractivity contribution in [1.82, 2.24) is 5.32 Å². The largest absolute Gasteiger partial charge is 0.347 e. The van der Waals surface area contributed by atoms with E-state index >= 15 is 0 Å². The summed E-state index contributed by atoms with van der Waals surface area (Å²) in [5.41, 5.74) is 1.34. The summed E-state index contributed by atoms with van der Waals surface area (Å²) in [4.78, 5) is 23.4. The molecule has 2 rings (SSSR count). The number of hydrogen-bond donors (Lipinski definition) is 2. The minimum atomic E-state index is -0.816. The van der Waals surface area contributed by atoms with Crippen LogP contribution in [0.15, 0.2) is 48.5 Å². The second kappa shape index (κ2) is 7.71. The Morgan fingerprint density at radius 2 is 1.74 bits per heavy atom. The first-order valence-corrected chi connectivity index (χ1v) is 6.93. The number of anilines is 1. The smallest absolute Gasteiger partial charge is 0.313 e. The van der Waals surface area contributed by atoms with Gasteiger partial charge in [0.15, 0.2) is 0 Å². The number of rotatable bonds is 4. The molecule has 0 radical (unpaired) electrons. The van der Waals surface area contributed by atoms with Gasteiger partial charge < -0.3 is 10.6 Å². The zero-order chi connectivity index (χ0) is 16.7. The highest BCUT2D eigenvalue weighted by Gasteiger charge is 2.13. The molecule has 0 spiro atoms. The summed E-state index contributed by atoms with van der Waals surface area (Å²) in [6.07, 6.45) is 0.294. The van der Waals surface area contributed by atoms with E-state index in [9.17, 15) is 14.0 Å². The lowest BCUT2D eigenvalue weighted by Crippen LogP contribution is -2.36. The van der Waals surface area contributed by atoms with Crippen LogP contribution in [0.4, 0.5) is 10.1 Å². The Hall–Kier alpha value is -3.20. The summed E-state index contributed by atoms with van der Waals surface area (Å²) in [6.45, 7) is 0.153. The first kappa shape index (κ1) is 16.2. The van der Waals surface area contributed by atoms with Crippen molar-refractivity contribution in [3.63, 3.8) is 0 Å². The molecule has 0 aliphatic carbocycles. The Bertz CT molecular complexity index is 751. The summed E-state index contributed by atoms with van der Waals surface area (Å²) in [5, 5.41) is 13.5. The quantitative estimate of drug-likeness (QED) is 0.847. The number of hydrogen-bond acceptors (Lipinski definition) is 3. The van der Waals surface area contributed by atoms with E-state index in [4.69, 9.17) is 5.26 Å². The fraction of sp³-hybridized carbons (Fsp3) is 0.118. The van der Waals surface area contributed by atoms with Crippen LogP contribution in [0.2, 0.25) is 0 Å². The summed E-state index contributed by atoms with van der Waals surface area (Å²) < 4.78 is 13.4. The average Bonchev–Trinajstić information content (AvgIpc) is 2.57. The molecule has 0 aliphatic rings. The normalized spacial score (nSPS) is 9.74. The molecular formula is C17H14FN3O2. The Balaban J connectivity index is 1.82. The van der Waals surface area contributed by atoms with Gasteiger partial charge in [0.2, 0.25) is 0 Å².